The van der Waals surface area contributed by atoms with Gasteiger partial charge in [-0.25, -0.2) is 14.4 Å². The first kappa shape index (κ1) is 13.7. The van der Waals surface area contributed by atoms with Crippen LogP contribution in [0, 0.1) is 5.82 Å². The minimum atomic E-state index is -0.256. The van der Waals surface area contributed by atoms with Crippen molar-refractivity contribution in [2.75, 3.05) is 0 Å². The molecule has 21 heavy (non-hydrogen) atoms. The fraction of sp³-hybridized carbons (Fsp3) is 0.0588. The highest BCUT2D eigenvalue weighted by molar-refractivity contribution is 6.30. The van der Waals surface area contributed by atoms with E-state index in [1.807, 2.05) is 30.3 Å². The van der Waals surface area contributed by atoms with Crippen LogP contribution in [0.4, 0.5) is 4.39 Å². The van der Waals surface area contributed by atoms with Crippen molar-refractivity contribution < 1.29 is 4.39 Å². The normalized spacial score (nSPS) is 10.6. The number of benzene rings is 2. The van der Waals surface area contributed by atoms with Crippen molar-refractivity contribution in [1.82, 2.24) is 9.97 Å². The van der Waals surface area contributed by atoms with Crippen molar-refractivity contribution in [1.29, 1.82) is 0 Å². The lowest BCUT2D eigenvalue weighted by atomic mass is 10.1. The second-order valence-corrected chi connectivity index (χ2v) is 5.02. The van der Waals surface area contributed by atoms with Gasteiger partial charge in [-0.15, -0.1) is 0 Å². The Labute approximate surface area is 127 Å². The van der Waals surface area contributed by atoms with E-state index in [0.717, 1.165) is 16.8 Å². The van der Waals surface area contributed by atoms with Crippen molar-refractivity contribution >= 4 is 11.6 Å². The third-order valence-electron chi connectivity index (χ3n) is 3.15. The first-order chi connectivity index (χ1) is 10.2. The highest BCUT2D eigenvalue weighted by atomic mass is 35.5. The van der Waals surface area contributed by atoms with Crippen molar-refractivity contribution in [2.24, 2.45) is 0 Å². The summed E-state index contributed by atoms with van der Waals surface area (Å²) in [6.45, 7) is 0. The third-order valence-corrected chi connectivity index (χ3v) is 3.46. The van der Waals surface area contributed by atoms with E-state index in [2.05, 4.69) is 9.97 Å². The van der Waals surface area contributed by atoms with Crippen LogP contribution >= 0.6 is 11.6 Å². The summed E-state index contributed by atoms with van der Waals surface area (Å²) in [6.07, 6.45) is 2.18. The topological polar surface area (TPSA) is 25.8 Å². The fourth-order valence-electron chi connectivity index (χ4n) is 2.07. The van der Waals surface area contributed by atoms with E-state index in [4.69, 9.17) is 11.6 Å². The molecule has 0 fully saturated rings. The molecule has 0 aliphatic carbocycles. The molecule has 0 N–H and O–H groups in total. The Balaban J connectivity index is 1.93. The molecule has 0 saturated carbocycles. The molecule has 1 aromatic heterocycles. The molecule has 104 valence electrons. The molecule has 3 aromatic rings. The van der Waals surface area contributed by atoms with Crippen molar-refractivity contribution in [2.45, 2.75) is 6.42 Å². The Bertz CT molecular complexity index is 742. The summed E-state index contributed by atoms with van der Waals surface area (Å²) in [6, 6.07) is 16.1. The molecule has 0 bridgehead atoms. The summed E-state index contributed by atoms with van der Waals surface area (Å²) >= 11 is 6.12. The minimum absolute atomic E-state index is 0.256. The average molecular weight is 299 g/mol. The number of rotatable bonds is 3. The van der Waals surface area contributed by atoms with Crippen LogP contribution in [-0.2, 0) is 6.42 Å². The quantitative estimate of drug-likeness (QED) is 0.710. The molecule has 0 amide bonds. The molecule has 1 heterocycles. The molecule has 2 nitrogen and oxygen atoms in total. The first-order valence-electron chi connectivity index (χ1n) is 6.53. The van der Waals surface area contributed by atoms with E-state index in [1.54, 1.807) is 18.3 Å². The van der Waals surface area contributed by atoms with Crippen molar-refractivity contribution in [3.63, 3.8) is 0 Å². The summed E-state index contributed by atoms with van der Waals surface area (Å²) in [5.74, 6) is -0.256. The van der Waals surface area contributed by atoms with Crippen LogP contribution in [0.2, 0.25) is 5.15 Å². The minimum Gasteiger partial charge on any atom is -0.248 e. The van der Waals surface area contributed by atoms with Crippen LogP contribution in [0.25, 0.3) is 11.3 Å². The molecular weight excluding hydrogens is 287 g/mol. The number of aromatic nitrogens is 2. The largest absolute Gasteiger partial charge is 0.248 e. The Hall–Kier alpha value is -2.26. The first-order valence-corrected chi connectivity index (χ1v) is 6.91. The predicted molar refractivity (Wildman–Crippen MR) is 81.7 cm³/mol. The summed E-state index contributed by atoms with van der Waals surface area (Å²) < 4.78 is 12.9. The maximum absolute atomic E-state index is 12.9. The van der Waals surface area contributed by atoms with Gasteiger partial charge in [0.2, 0.25) is 0 Å². The highest BCUT2D eigenvalue weighted by Crippen LogP contribution is 2.21. The van der Waals surface area contributed by atoms with Gasteiger partial charge in [0.25, 0.3) is 0 Å². The van der Waals surface area contributed by atoms with Gasteiger partial charge in [0.05, 0.1) is 17.6 Å². The zero-order valence-corrected chi connectivity index (χ0v) is 11.9. The summed E-state index contributed by atoms with van der Waals surface area (Å²) in [5.41, 5.74) is 3.39. The van der Waals surface area contributed by atoms with E-state index >= 15 is 0 Å². The van der Waals surface area contributed by atoms with Crippen molar-refractivity contribution in [3.8, 4) is 11.3 Å². The molecular formula is C17H12ClFN2. The second-order valence-electron chi connectivity index (χ2n) is 4.66. The second kappa shape index (κ2) is 6.02. The third kappa shape index (κ3) is 3.26. The summed E-state index contributed by atoms with van der Waals surface area (Å²) in [7, 11) is 0. The molecule has 3 rings (SSSR count). The molecule has 0 aliphatic rings. The van der Waals surface area contributed by atoms with Gasteiger partial charge in [-0.05, 0) is 17.7 Å². The van der Waals surface area contributed by atoms with E-state index in [1.165, 1.54) is 12.1 Å². The Morgan fingerprint density at radius 1 is 0.952 bits per heavy atom. The van der Waals surface area contributed by atoms with Gasteiger partial charge in [-0.1, -0.05) is 54.1 Å². The van der Waals surface area contributed by atoms with E-state index in [0.29, 0.717) is 17.3 Å². The molecule has 0 saturated heterocycles. The van der Waals surface area contributed by atoms with Crippen LogP contribution < -0.4 is 0 Å². The maximum atomic E-state index is 12.9. The molecule has 0 aliphatic heterocycles. The standard InChI is InChI=1S/C17H12ClFN2/c18-17-15(10-12-6-8-14(19)9-7-12)21-16(11-20-17)13-4-2-1-3-5-13/h1-9,11H,10H2. The number of nitrogens with zero attached hydrogens (tertiary/aromatic N) is 2. The number of hydrogen-bond donors (Lipinski definition) is 0. The molecule has 0 spiro atoms. The SMILES string of the molecule is Fc1ccc(Cc2nc(-c3ccccc3)cnc2Cl)cc1. The molecule has 4 heteroatoms. The van der Waals surface area contributed by atoms with Gasteiger partial charge >= 0.3 is 0 Å². The van der Waals surface area contributed by atoms with Crippen LogP contribution in [0.1, 0.15) is 11.3 Å². The fourth-order valence-corrected chi connectivity index (χ4v) is 2.23. The number of halogens is 2. The Morgan fingerprint density at radius 3 is 2.38 bits per heavy atom. The van der Waals surface area contributed by atoms with Gasteiger partial charge in [0.1, 0.15) is 5.82 Å². The van der Waals surface area contributed by atoms with Crippen LogP contribution in [0.3, 0.4) is 0 Å². The molecule has 0 radical (unpaired) electrons. The monoisotopic (exact) mass is 298 g/mol. The number of hydrogen-bond acceptors (Lipinski definition) is 2. The highest BCUT2D eigenvalue weighted by Gasteiger charge is 2.08. The molecule has 0 unspecified atom stereocenters. The lowest BCUT2D eigenvalue weighted by Crippen LogP contribution is -1.98. The van der Waals surface area contributed by atoms with Crippen LogP contribution in [-0.4, -0.2) is 9.97 Å². The smallest absolute Gasteiger partial charge is 0.150 e. The van der Waals surface area contributed by atoms with Gasteiger partial charge in [0.15, 0.2) is 5.15 Å². The predicted octanol–water partition coefficient (Wildman–Crippen LogP) is 4.53. The van der Waals surface area contributed by atoms with E-state index in [9.17, 15) is 4.39 Å². The molecule has 2 aromatic carbocycles. The Morgan fingerprint density at radius 2 is 1.67 bits per heavy atom. The molecule has 0 atom stereocenters. The maximum Gasteiger partial charge on any atom is 0.150 e. The van der Waals surface area contributed by atoms with Gasteiger partial charge in [0, 0.05) is 12.0 Å². The van der Waals surface area contributed by atoms with Crippen LogP contribution in [0.5, 0.6) is 0 Å². The summed E-state index contributed by atoms with van der Waals surface area (Å²) in [5, 5.41) is 0.374. The van der Waals surface area contributed by atoms with Crippen molar-refractivity contribution in [3.05, 3.63) is 83.0 Å². The zero-order chi connectivity index (χ0) is 14.7. The van der Waals surface area contributed by atoms with Gasteiger partial charge in [-0.3, -0.25) is 0 Å². The lowest BCUT2D eigenvalue weighted by Gasteiger charge is -2.06. The lowest BCUT2D eigenvalue weighted by molar-refractivity contribution is 0.627. The van der Waals surface area contributed by atoms with Crippen LogP contribution in [0.15, 0.2) is 60.8 Å². The average Bonchev–Trinajstić information content (AvgIpc) is 2.52. The van der Waals surface area contributed by atoms with E-state index < -0.39 is 0 Å². The Kier molecular flexibility index (Phi) is 3.93. The zero-order valence-electron chi connectivity index (χ0n) is 11.1. The van der Waals surface area contributed by atoms with Gasteiger partial charge in [-0.2, -0.15) is 0 Å². The van der Waals surface area contributed by atoms with E-state index in [-0.39, 0.29) is 5.82 Å². The summed E-state index contributed by atoms with van der Waals surface area (Å²) in [4.78, 5) is 8.77. The van der Waals surface area contributed by atoms with Gasteiger partial charge < -0.3 is 0 Å².